The molecule has 138 valence electrons. The number of nitrogens with zero attached hydrogens (tertiary/aromatic N) is 1. The first-order valence-corrected chi connectivity index (χ1v) is 10.4. The maximum Gasteiger partial charge on any atom is 0.330 e. The van der Waals surface area contributed by atoms with Crippen molar-refractivity contribution >= 4 is 17.7 Å². The van der Waals surface area contributed by atoms with Gasteiger partial charge in [-0.15, -0.1) is 0 Å². The predicted octanol–water partition coefficient (Wildman–Crippen LogP) is 7.00. The molecule has 0 atom stereocenters. The largest absolute Gasteiger partial charge is 0.330 e. The van der Waals surface area contributed by atoms with Crippen molar-refractivity contribution in [3.8, 4) is 0 Å². The van der Waals surface area contributed by atoms with E-state index in [1.54, 1.807) is 14.1 Å². The van der Waals surface area contributed by atoms with Crippen molar-refractivity contribution in [3.63, 3.8) is 0 Å². The fourth-order valence-corrected chi connectivity index (χ4v) is 3.00. The third-order valence-electron chi connectivity index (χ3n) is 4.59. The number of quaternary nitrogens is 1. The molecule has 0 spiro atoms. The Morgan fingerprint density at radius 1 is 0.652 bits per heavy atom. The SMILES string of the molecule is CCCCCCCCCCCCCCCCCC(=O)[N+](C)(C)Cl. The lowest BCUT2D eigenvalue weighted by molar-refractivity contribution is -0.689. The van der Waals surface area contributed by atoms with E-state index >= 15 is 0 Å². The predicted molar refractivity (Wildman–Crippen MR) is 103 cm³/mol. The molecule has 0 radical (unpaired) electrons. The molecule has 0 unspecified atom stereocenters. The van der Waals surface area contributed by atoms with E-state index in [1.807, 2.05) is 0 Å². The van der Waals surface area contributed by atoms with Gasteiger partial charge in [-0.2, -0.15) is 4.00 Å². The summed E-state index contributed by atoms with van der Waals surface area (Å²) < 4.78 is -0.0569. The summed E-state index contributed by atoms with van der Waals surface area (Å²) in [5.74, 6) is 0.126. The van der Waals surface area contributed by atoms with Crippen LogP contribution in [0, 0.1) is 0 Å². The van der Waals surface area contributed by atoms with Crippen LogP contribution in [0.2, 0.25) is 0 Å². The Kier molecular flexibility index (Phi) is 15.4. The number of carbonyl (C=O) groups is 1. The number of unbranched alkanes of at least 4 members (excludes halogenated alkanes) is 14. The summed E-state index contributed by atoms with van der Waals surface area (Å²) in [7, 11) is 3.46. The molecule has 1 amide bonds. The molecule has 2 nitrogen and oxygen atoms in total. The number of rotatable bonds is 16. The highest BCUT2D eigenvalue weighted by Crippen LogP contribution is 2.15. The Balaban J connectivity index is 3.12. The van der Waals surface area contributed by atoms with Crippen LogP contribution in [-0.4, -0.2) is 24.0 Å². The second-order valence-corrected chi connectivity index (χ2v) is 8.26. The first-order chi connectivity index (χ1) is 11.0. The highest BCUT2D eigenvalue weighted by molar-refractivity contribution is 6.11. The molecule has 0 bridgehead atoms. The topological polar surface area (TPSA) is 17.1 Å². The van der Waals surface area contributed by atoms with Crippen LogP contribution in [0.15, 0.2) is 0 Å². The summed E-state index contributed by atoms with van der Waals surface area (Å²) in [5.41, 5.74) is 0. The van der Waals surface area contributed by atoms with E-state index in [9.17, 15) is 4.79 Å². The van der Waals surface area contributed by atoms with Gasteiger partial charge in [-0.05, 0) is 6.42 Å². The molecule has 0 saturated heterocycles. The van der Waals surface area contributed by atoms with Crippen molar-refractivity contribution in [3.05, 3.63) is 0 Å². The highest BCUT2D eigenvalue weighted by Gasteiger charge is 2.23. The number of hydrogen-bond acceptors (Lipinski definition) is 1. The van der Waals surface area contributed by atoms with Crippen molar-refractivity contribution < 1.29 is 8.80 Å². The second-order valence-electron chi connectivity index (χ2n) is 7.41. The van der Waals surface area contributed by atoms with E-state index in [2.05, 4.69) is 6.92 Å². The maximum atomic E-state index is 11.6. The van der Waals surface area contributed by atoms with E-state index in [-0.39, 0.29) is 9.91 Å². The van der Waals surface area contributed by atoms with Gasteiger partial charge in [0, 0.05) is 0 Å². The summed E-state index contributed by atoms with van der Waals surface area (Å²) in [5, 5.41) is 0. The van der Waals surface area contributed by atoms with Gasteiger partial charge < -0.3 is 0 Å². The standard InChI is InChI=1S/C20H41ClNO/c1-4-5-6-7-8-9-10-11-12-13-14-15-16-17-18-19-20(23)22(2,3)21/h4-19H2,1-3H3/q+1. The molecule has 0 saturated carbocycles. The van der Waals surface area contributed by atoms with Crippen molar-refractivity contribution in [2.45, 2.75) is 110 Å². The summed E-state index contributed by atoms with van der Waals surface area (Å²) in [4.78, 5) is 11.6. The quantitative estimate of drug-likeness (QED) is 0.217. The van der Waals surface area contributed by atoms with E-state index in [4.69, 9.17) is 11.8 Å². The van der Waals surface area contributed by atoms with Gasteiger partial charge in [0.25, 0.3) is 0 Å². The molecule has 3 heteroatoms. The van der Waals surface area contributed by atoms with Gasteiger partial charge in [0.2, 0.25) is 0 Å². The molecule has 0 heterocycles. The molecule has 0 aromatic heterocycles. The van der Waals surface area contributed by atoms with Crippen LogP contribution >= 0.6 is 11.8 Å². The zero-order valence-electron chi connectivity index (χ0n) is 16.0. The maximum absolute atomic E-state index is 11.6. The molecule has 0 aliphatic heterocycles. The molecular formula is C20H41ClNO+. The summed E-state index contributed by atoms with van der Waals surface area (Å²) in [6.07, 6.45) is 20.9. The van der Waals surface area contributed by atoms with Gasteiger partial charge in [0.05, 0.1) is 20.5 Å². The minimum Gasteiger partial charge on any atom is -0.229 e. The molecule has 0 fully saturated rings. The Hall–Kier alpha value is -0.0800. The number of halogens is 1. The summed E-state index contributed by atoms with van der Waals surface area (Å²) in [6, 6.07) is 0. The molecule has 0 aromatic carbocycles. The number of amides is 1. The van der Waals surface area contributed by atoms with Crippen LogP contribution in [0.1, 0.15) is 110 Å². The van der Waals surface area contributed by atoms with Crippen LogP contribution in [-0.2, 0) is 4.79 Å². The van der Waals surface area contributed by atoms with Gasteiger partial charge in [-0.3, -0.25) is 0 Å². The minimum atomic E-state index is -0.0569. The zero-order valence-corrected chi connectivity index (χ0v) is 16.8. The van der Waals surface area contributed by atoms with E-state index in [1.165, 1.54) is 89.9 Å². The molecule has 0 aliphatic rings. The van der Waals surface area contributed by atoms with Gasteiger partial charge >= 0.3 is 5.91 Å². The lowest BCUT2D eigenvalue weighted by atomic mass is 10.0. The Bertz CT molecular complexity index is 273. The third-order valence-corrected chi connectivity index (χ3v) is 4.78. The highest BCUT2D eigenvalue weighted by atomic mass is 35.5. The average Bonchev–Trinajstić information content (AvgIpc) is 2.50. The van der Waals surface area contributed by atoms with Crippen molar-refractivity contribution in [2.24, 2.45) is 0 Å². The summed E-state index contributed by atoms with van der Waals surface area (Å²) in [6.45, 7) is 2.28. The van der Waals surface area contributed by atoms with Crippen LogP contribution in [0.3, 0.4) is 0 Å². The zero-order chi connectivity index (χ0) is 17.4. The lowest BCUT2D eigenvalue weighted by Gasteiger charge is -2.14. The Labute approximate surface area is 150 Å². The fourth-order valence-electron chi connectivity index (χ4n) is 2.91. The first kappa shape index (κ1) is 22.9. The van der Waals surface area contributed by atoms with Gasteiger partial charge in [-0.25, -0.2) is 4.79 Å². The molecule has 0 rings (SSSR count). The molecule has 0 aromatic rings. The van der Waals surface area contributed by atoms with Crippen molar-refractivity contribution in [1.82, 2.24) is 0 Å². The molecular weight excluding hydrogens is 306 g/mol. The Morgan fingerprint density at radius 2 is 0.957 bits per heavy atom. The third kappa shape index (κ3) is 16.6. The normalized spacial score (nSPS) is 11.8. The van der Waals surface area contributed by atoms with E-state index in [0.717, 1.165) is 6.42 Å². The van der Waals surface area contributed by atoms with Crippen LogP contribution in [0.25, 0.3) is 0 Å². The summed E-state index contributed by atoms with van der Waals surface area (Å²) >= 11 is 5.94. The van der Waals surface area contributed by atoms with Gasteiger partial charge in [-0.1, -0.05) is 96.8 Å². The first-order valence-electron chi connectivity index (χ1n) is 10.1. The second kappa shape index (κ2) is 15.4. The van der Waals surface area contributed by atoms with Crippen molar-refractivity contribution in [2.75, 3.05) is 14.1 Å². The molecule has 23 heavy (non-hydrogen) atoms. The number of carbonyl (C=O) groups excluding carboxylic acids is 1. The average molecular weight is 347 g/mol. The fraction of sp³-hybridized carbons (Fsp3) is 0.950. The van der Waals surface area contributed by atoms with Crippen LogP contribution in [0.4, 0.5) is 0 Å². The number of hydrogen-bond donors (Lipinski definition) is 0. The van der Waals surface area contributed by atoms with Crippen molar-refractivity contribution in [1.29, 1.82) is 0 Å². The van der Waals surface area contributed by atoms with Crippen LogP contribution < -0.4 is 0 Å². The van der Waals surface area contributed by atoms with E-state index < -0.39 is 0 Å². The Morgan fingerprint density at radius 3 is 1.26 bits per heavy atom. The smallest absolute Gasteiger partial charge is 0.229 e. The van der Waals surface area contributed by atoms with Crippen LogP contribution in [0.5, 0.6) is 0 Å². The van der Waals surface area contributed by atoms with Gasteiger partial charge in [0.15, 0.2) is 11.8 Å². The van der Waals surface area contributed by atoms with Gasteiger partial charge in [0.1, 0.15) is 0 Å². The molecule has 0 aliphatic carbocycles. The lowest BCUT2D eigenvalue weighted by Crippen LogP contribution is -2.35. The molecule has 0 N–H and O–H groups in total. The monoisotopic (exact) mass is 346 g/mol. The minimum absolute atomic E-state index is 0.0569. The van der Waals surface area contributed by atoms with E-state index in [0.29, 0.717) is 6.42 Å².